The minimum absolute atomic E-state index is 0.0423. The topological polar surface area (TPSA) is 59.0 Å². The summed E-state index contributed by atoms with van der Waals surface area (Å²) in [5.74, 6) is 0.446. The molecule has 0 aliphatic carbocycles. The largest absolute Gasteiger partial charge is 0.322 e. The summed E-state index contributed by atoms with van der Waals surface area (Å²) in [6.45, 7) is 5.85. The first-order chi connectivity index (χ1) is 7.70. The highest BCUT2D eigenvalue weighted by Crippen LogP contribution is 2.16. The molecule has 0 spiro atoms. The van der Waals surface area contributed by atoms with E-state index in [0.717, 1.165) is 25.2 Å². The molecule has 5 nitrogen and oxygen atoms in total. The van der Waals surface area contributed by atoms with Gasteiger partial charge in [0, 0.05) is 12.7 Å². The number of hydrogen-bond acceptors (Lipinski definition) is 3. The fourth-order valence-corrected chi connectivity index (χ4v) is 2.01. The van der Waals surface area contributed by atoms with Gasteiger partial charge in [-0.2, -0.15) is 5.10 Å². The molecule has 5 heteroatoms. The standard InChI is InChI=1S/C11H18N4O/c1-3-15-7-9(6-13-15)14-11(16)10-8(2)4-5-12-10/h6-8,10,12H,3-5H2,1-2H3,(H,14,16). The molecule has 2 heterocycles. The van der Waals surface area contributed by atoms with Crippen LogP contribution >= 0.6 is 0 Å². The Morgan fingerprint density at radius 1 is 1.75 bits per heavy atom. The van der Waals surface area contributed by atoms with Gasteiger partial charge in [-0.25, -0.2) is 0 Å². The summed E-state index contributed by atoms with van der Waals surface area (Å²) in [7, 11) is 0. The first-order valence-corrected chi connectivity index (χ1v) is 5.77. The van der Waals surface area contributed by atoms with Crippen LogP contribution in [0.4, 0.5) is 5.69 Å². The van der Waals surface area contributed by atoms with Gasteiger partial charge in [0.1, 0.15) is 0 Å². The predicted octanol–water partition coefficient (Wildman–Crippen LogP) is 0.839. The van der Waals surface area contributed by atoms with Crippen LogP contribution in [0.25, 0.3) is 0 Å². The molecule has 0 aromatic carbocycles. The van der Waals surface area contributed by atoms with Gasteiger partial charge in [0.05, 0.1) is 17.9 Å². The van der Waals surface area contributed by atoms with Crippen LogP contribution in [-0.2, 0) is 11.3 Å². The lowest BCUT2D eigenvalue weighted by Crippen LogP contribution is -2.38. The molecule has 2 rings (SSSR count). The number of carbonyl (C=O) groups is 1. The lowest BCUT2D eigenvalue weighted by atomic mass is 10.0. The lowest BCUT2D eigenvalue weighted by Gasteiger charge is -2.14. The normalized spacial score (nSPS) is 24.6. The SMILES string of the molecule is CCn1cc(NC(=O)C2NCCC2C)cn1. The van der Waals surface area contributed by atoms with Gasteiger partial charge in [-0.15, -0.1) is 0 Å². The van der Waals surface area contributed by atoms with Crippen LogP contribution in [0.3, 0.4) is 0 Å². The van der Waals surface area contributed by atoms with Crippen LogP contribution in [-0.4, -0.2) is 28.3 Å². The van der Waals surface area contributed by atoms with E-state index in [-0.39, 0.29) is 11.9 Å². The second-order valence-electron chi connectivity index (χ2n) is 4.27. The van der Waals surface area contributed by atoms with E-state index in [1.54, 1.807) is 10.9 Å². The predicted molar refractivity (Wildman–Crippen MR) is 62.1 cm³/mol. The Labute approximate surface area is 95.2 Å². The smallest absolute Gasteiger partial charge is 0.241 e. The van der Waals surface area contributed by atoms with Gasteiger partial charge in [0.2, 0.25) is 5.91 Å². The highest BCUT2D eigenvalue weighted by molar-refractivity contribution is 5.95. The van der Waals surface area contributed by atoms with Crippen molar-refractivity contribution in [3.05, 3.63) is 12.4 Å². The summed E-state index contributed by atoms with van der Waals surface area (Å²) >= 11 is 0. The molecule has 1 fully saturated rings. The van der Waals surface area contributed by atoms with Crippen LogP contribution in [0, 0.1) is 5.92 Å². The lowest BCUT2D eigenvalue weighted by molar-refractivity contribution is -0.118. The van der Waals surface area contributed by atoms with Gasteiger partial charge in [0.15, 0.2) is 0 Å². The Balaban J connectivity index is 1.96. The third-order valence-electron chi connectivity index (χ3n) is 3.04. The molecule has 0 radical (unpaired) electrons. The minimum Gasteiger partial charge on any atom is -0.322 e. The van der Waals surface area contributed by atoms with Gasteiger partial charge in [-0.1, -0.05) is 6.92 Å². The van der Waals surface area contributed by atoms with E-state index >= 15 is 0 Å². The summed E-state index contributed by atoms with van der Waals surface area (Å²) < 4.78 is 1.79. The fraction of sp³-hybridized carbons (Fsp3) is 0.636. The third-order valence-corrected chi connectivity index (χ3v) is 3.04. The molecule has 88 valence electrons. The molecular formula is C11H18N4O. The molecule has 2 N–H and O–H groups in total. The number of carbonyl (C=O) groups excluding carboxylic acids is 1. The molecule has 2 unspecified atom stereocenters. The van der Waals surface area contributed by atoms with Crippen molar-refractivity contribution in [2.75, 3.05) is 11.9 Å². The molecule has 16 heavy (non-hydrogen) atoms. The molecule has 0 bridgehead atoms. The highest BCUT2D eigenvalue weighted by atomic mass is 16.2. The molecule has 2 atom stereocenters. The van der Waals surface area contributed by atoms with Crippen molar-refractivity contribution < 1.29 is 4.79 Å². The number of nitrogens with zero attached hydrogens (tertiary/aromatic N) is 2. The molecule has 1 amide bonds. The number of amides is 1. The number of aryl methyl sites for hydroxylation is 1. The van der Waals surface area contributed by atoms with Gasteiger partial charge >= 0.3 is 0 Å². The van der Waals surface area contributed by atoms with Crippen LogP contribution in [0.1, 0.15) is 20.3 Å². The van der Waals surface area contributed by atoms with E-state index in [1.165, 1.54) is 0 Å². The van der Waals surface area contributed by atoms with Crippen molar-refractivity contribution in [2.24, 2.45) is 5.92 Å². The summed E-state index contributed by atoms with van der Waals surface area (Å²) in [5.41, 5.74) is 0.771. The van der Waals surface area contributed by atoms with E-state index in [0.29, 0.717) is 5.92 Å². The first kappa shape index (κ1) is 11.1. The van der Waals surface area contributed by atoms with Gasteiger partial charge in [-0.05, 0) is 25.8 Å². The van der Waals surface area contributed by atoms with Crippen LogP contribution in [0.2, 0.25) is 0 Å². The molecule has 1 aliphatic heterocycles. The van der Waals surface area contributed by atoms with Crippen LogP contribution in [0.5, 0.6) is 0 Å². The van der Waals surface area contributed by atoms with Crippen molar-refractivity contribution in [3.63, 3.8) is 0 Å². The van der Waals surface area contributed by atoms with Crippen LogP contribution < -0.4 is 10.6 Å². The maximum Gasteiger partial charge on any atom is 0.241 e. The number of hydrogen-bond donors (Lipinski definition) is 2. The van der Waals surface area contributed by atoms with Gasteiger partial charge in [-0.3, -0.25) is 9.48 Å². The first-order valence-electron chi connectivity index (χ1n) is 5.77. The number of aromatic nitrogens is 2. The fourth-order valence-electron chi connectivity index (χ4n) is 2.01. The van der Waals surface area contributed by atoms with Crippen molar-refractivity contribution in [1.82, 2.24) is 15.1 Å². The number of nitrogens with one attached hydrogen (secondary N) is 2. The van der Waals surface area contributed by atoms with E-state index in [9.17, 15) is 4.79 Å². The number of rotatable bonds is 3. The molecule has 1 aliphatic rings. The van der Waals surface area contributed by atoms with Crippen molar-refractivity contribution in [1.29, 1.82) is 0 Å². The summed E-state index contributed by atoms with van der Waals surface area (Å²) in [4.78, 5) is 11.9. The summed E-state index contributed by atoms with van der Waals surface area (Å²) in [6.07, 6.45) is 4.59. The molecule has 1 aromatic heterocycles. The Bertz CT molecular complexity index is 374. The summed E-state index contributed by atoms with van der Waals surface area (Å²) in [6, 6.07) is -0.0648. The average molecular weight is 222 g/mol. The second kappa shape index (κ2) is 4.65. The Morgan fingerprint density at radius 3 is 3.12 bits per heavy atom. The molecule has 1 aromatic rings. The zero-order valence-electron chi connectivity index (χ0n) is 9.73. The van der Waals surface area contributed by atoms with E-state index in [2.05, 4.69) is 22.7 Å². The Morgan fingerprint density at radius 2 is 2.56 bits per heavy atom. The van der Waals surface area contributed by atoms with Crippen molar-refractivity contribution in [2.45, 2.75) is 32.9 Å². The number of anilines is 1. The summed E-state index contributed by atoms with van der Waals surface area (Å²) in [5, 5.41) is 10.2. The highest BCUT2D eigenvalue weighted by Gasteiger charge is 2.29. The van der Waals surface area contributed by atoms with Crippen LogP contribution in [0.15, 0.2) is 12.4 Å². The van der Waals surface area contributed by atoms with Crippen molar-refractivity contribution >= 4 is 11.6 Å². The second-order valence-corrected chi connectivity index (χ2v) is 4.27. The van der Waals surface area contributed by atoms with E-state index in [4.69, 9.17) is 0 Å². The average Bonchev–Trinajstić information content (AvgIpc) is 2.86. The zero-order valence-corrected chi connectivity index (χ0v) is 9.73. The Kier molecular flexibility index (Phi) is 3.24. The molecule has 1 saturated heterocycles. The zero-order chi connectivity index (χ0) is 11.5. The van der Waals surface area contributed by atoms with Crippen molar-refractivity contribution in [3.8, 4) is 0 Å². The van der Waals surface area contributed by atoms with E-state index < -0.39 is 0 Å². The molecular weight excluding hydrogens is 204 g/mol. The van der Waals surface area contributed by atoms with Gasteiger partial charge in [0.25, 0.3) is 0 Å². The van der Waals surface area contributed by atoms with Gasteiger partial charge < -0.3 is 10.6 Å². The molecule has 0 saturated carbocycles. The monoisotopic (exact) mass is 222 g/mol. The quantitative estimate of drug-likeness (QED) is 0.796. The van der Waals surface area contributed by atoms with E-state index in [1.807, 2.05) is 13.1 Å². The minimum atomic E-state index is -0.0648. The maximum atomic E-state index is 11.9. The third kappa shape index (κ3) is 2.24. The maximum absolute atomic E-state index is 11.9. The Hall–Kier alpha value is -1.36.